The van der Waals surface area contributed by atoms with E-state index in [4.69, 9.17) is 4.74 Å². The Hall–Kier alpha value is -0.830. The van der Waals surface area contributed by atoms with Crippen molar-refractivity contribution in [1.82, 2.24) is 9.97 Å². The van der Waals surface area contributed by atoms with E-state index in [1.54, 1.807) is 6.20 Å². The Morgan fingerprint density at radius 2 is 2.45 bits per heavy atom. The average Bonchev–Trinajstić information content (AvgIpc) is 2.50. The maximum Gasteiger partial charge on any atom is 0.108 e. The van der Waals surface area contributed by atoms with Crippen molar-refractivity contribution in [2.24, 2.45) is 0 Å². The third-order valence-electron chi connectivity index (χ3n) is 1.39. The molecule has 1 N–H and O–H groups in total. The van der Waals surface area contributed by atoms with E-state index in [1.165, 1.54) is 0 Å². The van der Waals surface area contributed by atoms with Crippen LogP contribution >= 0.6 is 0 Å². The number of ether oxygens (including phenoxy) is 1. The van der Waals surface area contributed by atoms with Crippen LogP contribution in [0.15, 0.2) is 12.4 Å². The first-order chi connectivity index (χ1) is 5.43. The van der Waals surface area contributed by atoms with E-state index >= 15 is 0 Å². The minimum absolute atomic E-state index is 0.765. The van der Waals surface area contributed by atoms with Crippen LogP contribution in [-0.4, -0.2) is 23.2 Å². The highest BCUT2D eigenvalue weighted by atomic mass is 16.5. The van der Waals surface area contributed by atoms with E-state index in [2.05, 4.69) is 16.9 Å². The number of aromatic amines is 1. The minimum atomic E-state index is 0.765. The van der Waals surface area contributed by atoms with Gasteiger partial charge in [0, 0.05) is 25.4 Å². The number of nitrogens with zero attached hydrogens (tertiary/aromatic N) is 1. The Kier molecular flexibility index (Phi) is 3.69. The summed E-state index contributed by atoms with van der Waals surface area (Å²) in [5.74, 6) is 1.00. The third kappa shape index (κ3) is 3.18. The monoisotopic (exact) mass is 154 g/mol. The number of rotatable bonds is 5. The summed E-state index contributed by atoms with van der Waals surface area (Å²) in [7, 11) is 0. The normalized spacial score (nSPS) is 10.3. The molecule has 0 amide bonds. The van der Waals surface area contributed by atoms with E-state index < -0.39 is 0 Å². The van der Waals surface area contributed by atoms with Gasteiger partial charge in [-0.15, -0.1) is 0 Å². The van der Waals surface area contributed by atoms with Crippen LogP contribution in [0.3, 0.4) is 0 Å². The smallest absolute Gasteiger partial charge is 0.108 e. The Labute approximate surface area is 66.8 Å². The van der Waals surface area contributed by atoms with E-state index in [-0.39, 0.29) is 0 Å². The molecule has 0 aromatic carbocycles. The molecule has 1 rings (SSSR count). The second-order valence-electron chi connectivity index (χ2n) is 2.40. The number of hydrogen-bond acceptors (Lipinski definition) is 2. The van der Waals surface area contributed by atoms with E-state index in [1.807, 2.05) is 6.20 Å². The van der Waals surface area contributed by atoms with E-state index in [0.29, 0.717) is 0 Å². The zero-order valence-electron chi connectivity index (χ0n) is 6.84. The van der Waals surface area contributed by atoms with Crippen LogP contribution in [0.25, 0.3) is 0 Å². The number of imidazole rings is 1. The highest BCUT2D eigenvalue weighted by Crippen LogP contribution is 1.90. The number of aromatic nitrogens is 2. The number of H-pyrrole nitrogens is 1. The standard InChI is InChI=1S/C8H14N2O/c1-2-6-11-7-3-8-9-4-5-10-8/h4-5H,2-3,6-7H2,1H3,(H,9,10). The van der Waals surface area contributed by atoms with Crippen LogP contribution in [0.2, 0.25) is 0 Å². The Morgan fingerprint density at radius 1 is 1.55 bits per heavy atom. The van der Waals surface area contributed by atoms with Gasteiger partial charge >= 0.3 is 0 Å². The molecular formula is C8H14N2O. The quantitative estimate of drug-likeness (QED) is 0.650. The van der Waals surface area contributed by atoms with Crippen molar-refractivity contribution in [2.75, 3.05) is 13.2 Å². The van der Waals surface area contributed by atoms with E-state index in [0.717, 1.165) is 31.9 Å². The first-order valence-corrected chi connectivity index (χ1v) is 3.99. The molecule has 62 valence electrons. The van der Waals surface area contributed by atoms with Gasteiger partial charge in [0.05, 0.1) is 6.61 Å². The molecule has 1 aromatic rings. The van der Waals surface area contributed by atoms with Crippen molar-refractivity contribution in [3.8, 4) is 0 Å². The molecule has 0 atom stereocenters. The van der Waals surface area contributed by atoms with Gasteiger partial charge < -0.3 is 9.72 Å². The lowest BCUT2D eigenvalue weighted by Gasteiger charge is -1.98. The Bertz CT molecular complexity index is 172. The maximum atomic E-state index is 5.30. The van der Waals surface area contributed by atoms with Crippen LogP contribution in [0.5, 0.6) is 0 Å². The Morgan fingerprint density at radius 3 is 3.09 bits per heavy atom. The van der Waals surface area contributed by atoms with Gasteiger partial charge in [0.25, 0.3) is 0 Å². The fourth-order valence-corrected chi connectivity index (χ4v) is 0.850. The van der Waals surface area contributed by atoms with Crippen molar-refractivity contribution in [3.05, 3.63) is 18.2 Å². The van der Waals surface area contributed by atoms with Gasteiger partial charge in [-0.1, -0.05) is 6.92 Å². The van der Waals surface area contributed by atoms with Crippen molar-refractivity contribution >= 4 is 0 Å². The molecule has 3 nitrogen and oxygen atoms in total. The van der Waals surface area contributed by atoms with Crippen LogP contribution in [0.1, 0.15) is 19.2 Å². The van der Waals surface area contributed by atoms with Gasteiger partial charge in [0.1, 0.15) is 5.82 Å². The summed E-state index contributed by atoms with van der Waals surface area (Å²) >= 11 is 0. The summed E-state index contributed by atoms with van der Waals surface area (Å²) in [6, 6.07) is 0. The van der Waals surface area contributed by atoms with Crippen molar-refractivity contribution in [1.29, 1.82) is 0 Å². The highest BCUT2D eigenvalue weighted by molar-refractivity contribution is 4.86. The largest absolute Gasteiger partial charge is 0.381 e. The lowest BCUT2D eigenvalue weighted by molar-refractivity contribution is 0.137. The summed E-state index contributed by atoms with van der Waals surface area (Å²) in [5.41, 5.74) is 0. The molecule has 0 radical (unpaired) electrons. The highest BCUT2D eigenvalue weighted by Gasteiger charge is 1.92. The van der Waals surface area contributed by atoms with Crippen molar-refractivity contribution in [3.63, 3.8) is 0 Å². The first kappa shape index (κ1) is 8.27. The molecule has 0 aliphatic carbocycles. The molecule has 0 saturated heterocycles. The predicted molar refractivity (Wildman–Crippen MR) is 43.4 cm³/mol. The third-order valence-corrected chi connectivity index (χ3v) is 1.39. The zero-order chi connectivity index (χ0) is 7.94. The fraction of sp³-hybridized carbons (Fsp3) is 0.625. The maximum absolute atomic E-state index is 5.30. The van der Waals surface area contributed by atoms with Gasteiger partial charge in [-0.2, -0.15) is 0 Å². The summed E-state index contributed by atoms with van der Waals surface area (Å²) < 4.78 is 5.30. The van der Waals surface area contributed by atoms with Crippen LogP contribution < -0.4 is 0 Å². The van der Waals surface area contributed by atoms with E-state index in [9.17, 15) is 0 Å². The molecule has 0 unspecified atom stereocenters. The van der Waals surface area contributed by atoms with Crippen LogP contribution in [0, 0.1) is 0 Å². The molecule has 0 spiro atoms. The molecule has 3 heteroatoms. The molecule has 1 heterocycles. The van der Waals surface area contributed by atoms with Crippen LogP contribution in [0.4, 0.5) is 0 Å². The van der Waals surface area contributed by atoms with Gasteiger partial charge in [-0.3, -0.25) is 0 Å². The van der Waals surface area contributed by atoms with Gasteiger partial charge in [0.15, 0.2) is 0 Å². The second-order valence-corrected chi connectivity index (χ2v) is 2.40. The SMILES string of the molecule is CCCOCCc1ncc[nH]1. The molecule has 1 aromatic heterocycles. The number of hydrogen-bond donors (Lipinski definition) is 1. The van der Waals surface area contributed by atoms with Gasteiger partial charge in [-0.25, -0.2) is 4.98 Å². The average molecular weight is 154 g/mol. The lowest BCUT2D eigenvalue weighted by Crippen LogP contribution is -2.00. The van der Waals surface area contributed by atoms with Crippen LogP contribution in [-0.2, 0) is 11.2 Å². The molecule has 0 aliphatic rings. The number of nitrogens with one attached hydrogen (secondary N) is 1. The first-order valence-electron chi connectivity index (χ1n) is 3.99. The molecule has 11 heavy (non-hydrogen) atoms. The van der Waals surface area contributed by atoms with Gasteiger partial charge in [0.2, 0.25) is 0 Å². The Balaban J connectivity index is 2.04. The molecule has 0 saturated carbocycles. The summed E-state index contributed by atoms with van der Waals surface area (Å²) in [5, 5.41) is 0. The summed E-state index contributed by atoms with van der Waals surface area (Å²) in [6.45, 7) is 3.72. The molecule has 0 bridgehead atoms. The van der Waals surface area contributed by atoms with Gasteiger partial charge in [-0.05, 0) is 6.42 Å². The topological polar surface area (TPSA) is 37.9 Å². The van der Waals surface area contributed by atoms with Crippen molar-refractivity contribution < 1.29 is 4.74 Å². The fourth-order valence-electron chi connectivity index (χ4n) is 0.850. The summed E-state index contributed by atoms with van der Waals surface area (Å²) in [6.07, 6.45) is 5.55. The molecule has 0 aliphatic heterocycles. The molecular weight excluding hydrogens is 140 g/mol. The zero-order valence-corrected chi connectivity index (χ0v) is 6.84. The summed E-state index contributed by atoms with van der Waals surface area (Å²) in [4.78, 5) is 7.10. The lowest BCUT2D eigenvalue weighted by atomic mass is 10.4. The second kappa shape index (κ2) is 4.91. The van der Waals surface area contributed by atoms with Crippen molar-refractivity contribution in [2.45, 2.75) is 19.8 Å². The molecule has 0 fully saturated rings. The minimum Gasteiger partial charge on any atom is -0.381 e. The predicted octanol–water partition coefficient (Wildman–Crippen LogP) is 1.38.